The van der Waals surface area contributed by atoms with E-state index in [4.69, 9.17) is 0 Å². The Balaban J connectivity index is 1.36. The maximum atomic E-state index is 13.7. The fourth-order valence-electron chi connectivity index (χ4n) is 7.13. The molecule has 0 radical (unpaired) electrons. The van der Waals surface area contributed by atoms with Gasteiger partial charge in [-0.3, -0.25) is 19.3 Å². The van der Waals surface area contributed by atoms with E-state index in [9.17, 15) is 14.4 Å². The van der Waals surface area contributed by atoms with Gasteiger partial charge < -0.3 is 4.98 Å². The van der Waals surface area contributed by atoms with Crippen molar-refractivity contribution in [2.24, 2.45) is 29.6 Å². The van der Waals surface area contributed by atoms with Crippen LogP contribution in [-0.4, -0.2) is 22.0 Å². The zero-order valence-corrected chi connectivity index (χ0v) is 19.6. The van der Waals surface area contributed by atoms with E-state index in [1.54, 1.807) is 11.8 Å². The van der Waals surface area contributed by atoms with Gasteiger partial charge in [0, 0.05) is 16.0 Å². The Labute approximate surface area is 199 Å². The number of thioether (sulfide) groups is 1. The van der Waals surface area contributed by atoms with Gasteiger partial charge in [0.2, 0.25) is 11.8 Å². The van der Waals surface area contributed by atoms with E-state index in [0.717, 1.165) is 16.3 Å². The molecule has 2 amide bonds. The first-order chi connectivity index (χ1) is 16.0. The van der Waals surface area contributed by atoms with Crippen molar-refractivity contribution in [3.8, 4) is 0 Å². The Morgan fingerprint density at radius 3 is 2.36 bits per heavy atom. The third kappa shape index (κ3) is 2.58. The number of rotatable bonds is 2. The summed E-state index contributed by atoms with van der Waals surface area (Å²) in [5.41, 5.74) is 3.12. The second kappa shape index (κ2) is 6.93. The predicted molar refractivity (Wildman–Crippen MR) is 129 cm³/mol. The Kier molecular flexibility index (Phi) is 4.16. The van der Waals surface area contributed by atoms with E-state index in [1.165, 1.54) is 27.4 Å². The topological polar surface area (TPSA) is 70.2 Å². The normalized spacial score (nSPS) is 33.8. The van der Waals surface area contributed by atoms with Gasteiger partial charge in [-0.05, 0) is 54.4 Å². The number of aromatic amines is 1. The molecule has 2 bridgehead atoms. The van der Waals surface area contributed by atoms with Crippen LogP contribution >= 0.6 is 23.1 Å². The van der Waals surface area contributed by atoms with Gasteiger partial charge in [0.05, 0.1) is 22.5 Å². The molecule has 0 unspecified atom stereocenters. The first-order valence-corrected chi connectivity index (χ1v) is 13.1. The van der Waals surface area contributed by atoms with E-state index < -0.39 is 0 Å². The van der Waals surface area contributed by atoms with Crippen molar-refractivity contribution < 1.29 is 9.59 Å². The average molecular weight is 475 g/mol. The number of para-hydroxylation sites is 1. The molecule has 1 N–H and O–H groups in total. The number of hydrogen-bond donors (Lipinski definition) is 1. The summed E-state index contributed by atoms with van der Waals surface area (Å²) in [6.45, 7) is 2.12. The lowest BCUT2D eigenvalue weighted by Crippen LogP contribution is -2.42. The number of H-pyrrole nitrogens is 1. The molecule has 2 aliphatic carbocycles. The second-order valence-corrected chi connectivity index (χ2v) is 11.9. The molecule has 0 spiro atoms. The van der Waals surface area contributed by atoms with Crippen molar-refractivity contribution >= 4 is 40.6 Å². The number of aromatic nitrogens is 1. The van der Waals surface area contributed by atoms with Crippen LogP contribution in [0.1, 0.15) is 28.3 Å². The lowest BCUT2D eigenvalue weighted by atomic mass is 9.67. The smallest absolute Gasteiger partial charge is 0.305 e. The third-order valence-electron chi connectivity index (χ3n) is 8.26. The van der Waals surface area contributed by atoms with Crippen LogP contribution in [0.5, 0.6) is 0 Å². The highest BCUT2D eigenvalue weighted by molar-refractivity contribution is 8.00. The Bertz CT molecular complexity index is 1360. The summed E-state index contributed by atoms with van der Waals surface area (Å²) in [4.78, 5) is 45.2. The van der Waals surface area contributed by atoms with E-state index in [0.29, 0.717) is 5.69 Å². The molecule has 7 heteroatoms. The molecule has 1 saturated heterocycles. The fraction of sp³-hybridized carbons (Fsp3) is 0.346. The number of anilines is 1. The Hall–Kier alpha value is -2.64. The van der Waals surface area contributed by atoms with Crippen LogP contribution in [0.4, 0.5) is 5.69 Å². The van der Waals surface area contributed by atoms with Crippen LogP contribution in [0.25, 0.3) is 0 Å². The molecule has 1 aromatic heterocycles. The number of imide groups is 1. The summed E-state index contributed by atoms with van der Waals surface area (Å²) in [5, 5.41) is 1.19. The molecule has 2 aliphatic heterocycles. The van der Waals surface area contributed by atoms with Crippen molar-refractivity contribution in [2.75, 3.05) is 4.90 Å². The zero-order chi connectivity index (χ0) is 22.4. The van der Waals surface area contributed by atoms with Gasteiger partial charge in [-0.25, -0.2) is 0 Å². The highest BCUT2D eigenvalue weighted by Crippen LogP contribution is 2.68. The van der Waals surface area contributed by atoms with Gasteiger partial charge in [0.1, 0.15) is 0 Å². The van der Waals surface area contributed by atoms with Crippen molar-refractivity contribution in [3.05, 3.63) is 80.3 Å². The molecule has 3 heterocycles. The summed E-state index contributed by atoms with van der Waals surface area (Å²) in [6.07, 6.45) is 0.916. The zero-order valence-electron chi connectivity index (χ0n) is 17.9. The van der Waals surface area contributed by atoms with Crippen LogP contribution in [-0.2, 0) is 9.59 Å². The number of amides is 2. The minimum Gasteiger partial charge on any atom is -0.307 e. The third-order valence-corrected chi connectivity index (χ3v) is 10.9. The number of hydrogen-bond acceptors (Lipinski definition) is 5. The molecule has 3 aromatic rings. The van der Waals surface area contributed by atoms with Gasteiger partial charge in [-0.1, -0.05) is 53.8 Å². The highest BCUT2D eigenvalue weighted by Gasteiger charge is 2.69. The molecule has 2 aromatic carbocycles. The molecular weight excluding hydrogens is 452 g/mol. The maximum absolute atomic E-state index is 13.7. The molecule has 166 valence electrons. The summed E-state index contributed by atoms with van der Waals surface area (Å²) in [7, 11) is 0. The molecule has 7 atom stereocenters. The monoisotopic (exact) mass is 474 g/mol. The number of thiazole rings is 1. The van der Waals surface area contributed by atoms with Gasteiger partial charge in [0.15, 0.2) is 0 Å². The number of aryl methyl sites for hydroxylation is 1. The minimum absolute atomic E-state index is 0.0268. The van der Waals surface area contributed by atoms with Crippen LogP contribution in [0.15, 0.2) is 64.4 Å². The van der Waals surface area contributed by atoms with Crippen molar-refractivity contribution in [2.45, 2.75) is 29.5 Å². The lowest BCUT2D eigenvalue weighted by Gasteiger charge is -2.43. The molecule has 4 aliphatic rings. The largest absolute Gasteiger partial charge is 0.307 e. The summed E-state index contributed by atoms with van der Waals surface area (Å²) in [6, 6.07) is 17.7. The maximum Gasteiger partial charge on any atom is 0.305 e. The number of fused-ring (bicyclic) bond motifs is 9. The average Bonchev–Trinajstić information content (AvgIpc) is 3.54. The van der Waals surface area contributed by atoms with E-state index in [-0.39, 0.29) is 57.4 Å². The second-order valence-electron chi connectivity index (χ2n) is 9.66. The number of carbonyl (C=O) groups excluding carboxylic acids is 2. The molecule has 2 saturated carbocycles. The molecule has 7 rings (SSSR count). The summed E-state index contributed by atoms with van der Waals surface area (Å²) < 4.78 is 0. The number of nitrogens with one attached hydrogen (secondary N) is 1. The van der Waals surface area contributed by atoms with Crippen LogP contribution in [0.2, 0.25) is 0 Å². The first-order valence-electron chi connectivity index (χ1n) is 11.4. The van der Waals surface area contributed by atoms with Crippen LogP contribution in [0.3, 0.4) is 0 Å². The number of carbonyl (C=O) groups is 2. The summed E-state index contributed by atoms with van der Waals surface area (Å²) in [5.74, 6) is 0.0494. The highest BCUT2D eigenvalue weighted by atomic mass is 32.2. The van der Waals surface area contributed by atoms with E-state index in [2.05, 4.69) is 30.1 Å². The standard InChI is InChI=1S/C26H22N2O3S2/c1-12-7-5-6-10-14(12)17-18-15-11-16(21(18)32-23-22(17)33-26(31)27-23)20-19(15)24(29)28(25(20)30)13-8-3-2-4-9-13/h2-10,15-21H,11H2,1H3,(H,27,31)/t15-,16+,17-,18+,19+,20-,21-/m1/s1. The van der Waals surface area contributed by atoms with Crippen LogP contribution < -0.4 is 9.77 Å². The van der Waals surface area contributed by atoms with Crippen molar-refractivity contribution in [1.29, 1.82) is 0 Å². The summed E-state index contributed by atoms with van der Waals surface area (Å²) >= 11 is 3.05. The molecule has 33 heavy (non-hydrogen) atoms. The van der Waals surface area contributed by atoms with Crippen LogP contribution in [0, 0.1) is 36.5 Å². The number of benzene rings is 2. The fourth-order valence-corrected chi connectivity index (χ4v) is 10.0. The van der Waals surface area contributed by atoms with Gasteiger partial charge in [-0.2, -0.15) is 0 Å². The first kappa shape index (κ1) is 19.8. The van der Waals surface area contributed by atoms with Gasteiger partial charge in [0.25, 0.3) is 0 Å². The molecule has 3 fully saturated rings. The predicted octanol–water partition coefficient (Wildman–Crippen LogP) is 4.42. The minimum atomic E-state index is -0.256. The Morgan fingerprint density at radius 1 is 0.909 bits per heavy atom. The van der Waals surface area contributed by atoms with Gasteiger partial charge in [-0.15, -0.1) is 11.8 Å². The SMILES string of the molecule is Cc1ccccc1[C@H]1c2sc(=O)[nH]c2S[C@@H]2[C@H]3C[C@@H]([C@@H]4C(=O)N(c5ccccc5)C(=O)[C@H]34)[C@@H]12. The lowest BCUT2D eigenvalue weighted by molar-refractivity contribution is -0.123. The number of nitrogens with zero attached hydrogens (tertiary/aromatic N) is 1. The van der Waals surface area contributed by atoms with Crippen molar-refractivity contribution in [1.82, 2.24) is 4.98 Å². The van der Waals surface area contributed by atoms with E-state index >= 15 is 0 Å². The quantitative estimate of drug-likeness (QED) is 0.558. The van der Waals surface area contributed by atoms with Gasteiger partial charge >= 0.3 is 4.87 Å². The van der Waals surface area contributed by atoms with Crippen molar-refractivity contribution in [3.63, 3.8) is 0 Å². The Morgan fingerprint density at radius 2 is 1.61 bits per heavy atom. The molecular formula is C26H22N2O3S2. The molecule has 5 nitrogen and oxygen atoms in total. The van der Waals surface area contributed by atoms with E-state index in [1.807, 2.05) is 36.4 Å².